The summed E-state index contributed by atoms with van der Waals surface area (Å²) in [6.45, 7) is 13.2. The molecule has 0 spiro atoms. The van der Waals surface area contributed by atoms with Crippen LogP contribution in [0.2, 0.25) is 0 Å². The molecule has 1 rings (SSSR count). The van der Waals surface area contributed by atoms with Crippen LogP contribution >= 0.6 is 0 Å². The first-order chi connectivity index (χ1) is 7.60. The molecule has 0 atom stereocenters. The first-order valence-corrected chi connectivity index (χ1v) is 6.29. The number of nitrogens with one attached hydrogen (secondary N) is 1. The van der Waals surface area contributed by atoms with Crippen molar-refractivity contribution in [3.63, 3.8) is 0 Å². The average Bonchev–Trinajstić information content (AvgIpc) is 2.06. The first kappa shape index (κ1) is 14.0. The SMILES string of the molecule is CC(C)(C)C1=CC(=N)/C=C(C(C)(C)C)\C=C/C1. The Balaban J connectivity index is 3.11. The lowest BCUT2D eigenvalue weighted by atomic mass is 9.80. The lowest BCUT2D eigenvalue weighted by Gasteiger charge is -2.25. The number of rotatable bonds is 0. The lowest BCUT2D eigenvalue weighted by molar-refractivity contribution is 0.493. The Bertz CT molecular complexity index is 392. The van der Waals surface area contributed by atoms with Gasteiger partial charge in [-0.2, -0.15) is 0 Å². The molecule has 1 nitrogen and oxygen atoms in total. The second-order valence-electron chi connectivity index (χ2n) is 6.83. The van der Waals surface area contributed by atoms with Crippen molar-refractivity contribution in [2.24, 2.45) is 10.8 Å². The van der Waals surface area contributed by atoms with Gasteiger partial charge in [0.1, 0.15) is 0 Å². The zero-order valence-corrected chi connectivity index (χ0v) is 12.0. The maximum absolute atomic E-state index is 8.06. The standard InChI is InChI=1S/C16H25N/c1-15(2,3)12-8-7-9-13(16(4,5)6)11-14(17)10-12/h7-8,10-11,17H,9H2,1-6H3/b8-7-,12-10+,13-11?,17-14?. The molecule has 0 aromatic heterocycles. The van der Waals surface area contributed by atoms with Gasteiger partial charge in [-0.3, -0.25) is 0 Å². The second kappa shape index (κ2) is 4.64. The molecular formula is C16H25N. The molecule has 0 heterocycles. The molecule has 0 aromatic carbocycles. The summed E-state index contributed by atoms with van der Waals surface area (Å²) in [5.41, 5.74) is 3.42. The molecular weight excluding hydrogens is 206 g/mol. The van der Waals surface area contributed by atoms with E-state index in [-0.39, 0.29) is 10.8 Å². The highest BCUT2D eigenvalue weighted by atomic mass is 14.4. The molecule has 0 radical (unpaired) electrons. The quantitative estimate of drug-likeness (QED) is 0.612. The third-order valence-electron chi connectivity index (χ3n) is 3.11. The van der Waals surface area contributed by atoms with Crippen molar-refractivity contribution in [1.29, 1.82) is 5.41 Å². The predicted molar refractivity (Wildman–Crippen MR) is 76.6 cm³/mol. The highest BCUT2D eigenvalue weighted by Crippen LogP contribution is 2.32. The topological polar surface area (TPSA) is 23.9 Å². The molecule has 1 N–H and O–H groups in total. The van der Waals surface area contributed by atoms with Crippen molar-refractivity contribution in [1.82, 2.24) is 0 Å². The highest BCUT2D eigenvalue weighted by Gasteiger charge is 2.19. The fourth-order valence-electron chi connectivity index (χ4n) is 1.81. The fourth-order valence-corrected chi connectivity index (χ4v) is 1.81. The second-order valence-corrected chi connectivity index (χ2v) is 6.83. The molecule has 0 aliphatic heterocycles. The normalized spacial score (nSPS) is 23.3. The molecule has 1 heteroatoms. The van der Waals surface area contributed by atoms with Crippen LogP contribution in [-0.4, -0.2) is 5.71 Å². The third-order valence-corrected chi connectivity index (χ3v) is 3.11. The van der Waals surface area contributed by atoms with Crippen molar-refractivity contribution >= 4 is 5.71 Å². The largest absolute Gasteiger partial charge is 0.301 e. The first-order valence-electron chi connectivity index (χ1n) is 6.29. The van der Waals surface area contributed by atoms with Gasteiger partial charge in [-0.05, 0) is 35.0 Å². The van der Waals surface area contributed by atoms with Gasteiger partial charge in [0, 0.05) is 0 Å². The minimum absolute atomic E-state index is 0.107. The molecule has 0 amide bonds. The van der Waals surface area contributed by atoms with Gasteiger partial charge in [0.15, 0.2) is 0 Å². The Morgan fingerprint density at radius 3 is 2.00 bits per heavy atom. The van der Waals surface area contributed by atoms with E-state index in [9.17, 15) is 0 Å². The summed E-state index contributed by atoms with van der Waals surface area (Å²) in [5, 5.41) is 8.06. The number of allylic oxidation sites excluding steroid dienone is 6. The van der Waals surface area contributed by atoms with Gasteiger partial charge >= 0.3 is 0 Å². The maximum atomic E-state index is 8.06. The summed E-state index contributed by atoms with van der Waals surface area (Å²) in [6, 6.07) is 0. The Kier molecular flexibility index (Phi) is 3.81. The van der Waals surface area contributed by atoms with E-state index in [1.165, 1.54) is 11.1 Å². The minimum atomic E-state index is 0.107. The lowest BCUT2D eigenvalue weighted by Crippen LogP contribution is -2.14. The Labute approximate surface area is 106 Å². The van der Waals surface area contributed by atoms with Crippen molar-refractivity contribution in [3.8, 4) is 0 Å². The highest BCUT2D eigenvalue weighted by molar-refractivity contribution is 6.03. The number of hydrogen-bond acceptors (Lipinski definition) is 1. The van der Waals surface area contributed by atoms with Crippen LogP contribution < -0.4 is 0 Å². The summed E-state index contributed by atoms with van der Waals surface area (Å²) in [6.07, 6.45) is 9.35. The zero-order valence-electron chi connectivity index (χ0n) is 12.0. The van der Waals surface area contributed by atoms with Crippen LogP contribution in [0.5, 0.6) is 0 Å². The molecule has 1 aliphatic carbocycles. The van der Waals surface area contributed by atoms with Crippen LogP contribution in [0.4, 0.5) is 0 Å². The Morgan fingerprint density at radius 1 is 0.941 bits per heavy atom. The van der Waals surface area contributed by atoms with Crippen LogP contribution in [0.3, 0.4) is 0 Å². The molecule has 17 heavy (non-hydrogen) atoms. The summed E-state index contributed by atoms with van der Waals surface area (Å²) < 4.78 is 0. The van der Waals surface area contributed by atoms with E-state index >= 15 is 0 Å². The van der Waals surface area contributed by atoms with Crippen LogP contribution in [0.25, 0.3) is 0 Å². The van der Waals surface area contributed by atoms with E-state index in [1.54, 1.807) is 0 Å². The van der Waals surface area contributed by atoms with Crippen LogP contribution in [0.1, 0.15) is 48.0 Å². The summed E-state index contributed by atoms with van der Waals surface area (Å²) in [5.74, 6) is 0. The van der Waals surface area contributed by atoms with Gasteiger partial charge in [-0.1, -0.05) is 59.3 Å². The van der Waals surface area contributed by atoms with Gasteiger partial charge in [-0.15, -0.1) is 0 Å². The molecule has 0 saturated carbocycles. The predicted octanol–water partition coefficient (Wildman–Crippen LogP) is 4.91. The number of hydrogen-bond donors (Lipinski definition) is 1. The molecule has 0 bridgehead atoms. The summed E-state index contributed by atoms with van der Waals surface area (Å²) in [7, 11) is 0. The molecule has 0 saturated heterocycles. The Morgan fingerprint density at radius 2 is 1.53 bits per heavy atom. The zero-order chi connectivity index (χ0) is 13.3. The van der Waals surface area contributed by atoms with E-state index in [0.29, 0.717) is 5.71 Å². The van der Waals surface area contributed by atoms with Crippen LogP contribution in [0, 0.1) is 16.2 Å². The molecule has 1 aliphatic rings. The molecule has 0 aromatic rings. The van der Waals surface area contributed by atoms with Gasteiger partial charge < -0.3 is 5.41 Å². The molecule has 0 fully saturated rings. The van der Waals surface area contributed by atoms with Gasteiger partial charge in [0.05, 0.1) is 5.71 Å². The van der Waals surface area contributed by atoms with Crippen LogP contribution in [-0.2, 0) is 0 Å². The average molecular weight is 231 g/mol. The monoisotopic (exact) mass is 231 g/mol. The van der Waals surface area contributed by atoms with E-state index in [4.69, 9.17) is 5.41 Å². The van der Waals surface area contributed by atoms with Crippen molar-refractivity contribution in [3.05, 3.63) is 35.5 Å². The van der Waals surface area contributed by atoms with Crippen LogP contribution in [0.15, 0.2) is 35.5 Å². The summed E-state index contributed by atoms with van der Waals surface area (Å²) >= 11 is 0. The van der Waals surface area contributed by atoms with Gasteiger partial charge in [0.25, 0.3) is 0 Å². The fraction of sp³-hybridized carbons (Fsp3) is 0.562. The third kappa shape index (κ3) is 3.99. The van der Waals surface area contributed by atoms with E-state index in [1.807, 2.05) is 12.2 Å². The van der Waals surface area contributed by atoms with E-state index in [0.717, 1.165) is 6.42 Å². The van der Waals surface area contributed by atoms with Gasteiger partial charge in [-0.25, -0.2) is 0 Å². The van der Waals surface area contributed by atoms with Crippen molar-refractivity contribution in [2.45, 2.75) is 48.0 Å². The van der Waals surface area contributed by atoms with E-state index < -0.39 is 0 Å². The van der Waals surface area contributed by atoms with Crippen molar-refractivity contribution < 1.29 is 0 Å². The summed E-state index contributed by atoms with van der Waals surface area (Å²) in [4.78, 5) is 0. The maximum Gasteiger partial charge on any atom is 0.0542 e. The van der Waals surface area contributed by atoms with Crippen molar-refractivity contribution in [2.75, 3.05) is 0 Å². The molecule has 0 unspecified atom stereocenters. The van der Waals surface area contributed by atoms with Gasteiger partial charge in [0.2, 0.25) is 0 Å². The minimum Gasteiger partial charge on any atom is -0.301 e. The smallest absolute Gasteiger partial charge is 0.0542 e. The Hall–Kier alpha value is -1.11. The molecule has 94 valence electrons. The van der Waals surface area contributed by atoms with E-state index in [2.05, 4.69) is 53.7 Å².